The van der Waals surface area contributed by atoms with Gasteiger partial charge in [-0.05, 0) is 6.42 Å². The molecule has 0 bridgehead atoms. The van der Waals surface area contributed by atoms with Crippen molar-refractivity contribution in [3.05, 3.63) is 12.2 Å². The van der Waals surface area contributed by atoms with Gasteiger partial charge in [0.2, 0.25) is 0 Å². The van der Waals surface area contributed by atoms with Crippen LogP contribution in [-0.2, 0) is 9.84 Å². The molecule has 13 heavy (non-hydrogen) atoms. The molecular formula is C6H11N3O3S. The third kappa shape index (κ3) is 3.51. The molecule has 1 unspecified atom stereocenters. The maximum atomic E-state index is 10.7. The topological polar surface area (TPSA) is 95.9 Å². The Labute approximate surface area is 75.9 Å². The van der Waals surface area contributed by atoms with Crippen LogP contribution in [0.5, 0.6) is 0 Å². The highest BCUT2D eigenvalue weighted by molar-refractivity contribution is 7.90. The number of rotatable bonds is 4. The lowest BCUT2D eigenvalue weighted by Gasteiger charge is -2.04. The predicted octanol–water partition coefficient (Wildman–Crippen LogP) is -0.727. The molecule has 2 N–H and O–H groups in total. The molecule has 1 aromatic heterocycles. The molecule has 6 nitrogen and oxygen atoms in total. The molecule has 1 rings (SSSR count). The maximum absolute atomic E-state index is 10.7. The van der Waals surface area contributed by atoms with Crippen LogP contribution in [0.2, 0.25) is 0 Å². The Hall–Kier alpha value is -0.950. The van der Waals surface area contributed by atoms with E-state index in [1.54, 1.807) is 0 Å². The van der Waals surface area contributed by atoms with Crippen molar-refractivity contribution >= 4 is 9.84 Å². The molecule has 0 fully saturated rings. The quantitative estimate of drug-likeness (QED) is 0.675. The average molecular weight is 205 g/mol. The van der Waals surface area contributed by atoms with Crippen molar-refractivity contribution in [1.82, 2.24) is 15.2 Å². The third-order valence-corrected chi connectivity index (χ3v) is 2.49. The standard InChI is InChI=1S/C6H11N3O3S/c1-13(11,12)3-2-5(10)6-7-4-8-9-6/h4-5,10H,2-3H2,1H3,(H,7,8,9). The fourth-order valence-corrected chi connectivity index (χ4v) is 1.49. The molecule has 0 saturated carbocycles. The SMILES string of the molecule is CS(=O)(=O)CCC(O)c1ncn[nH]1. The van der Waals surface area contributed by atoms with Gasteiger partial charge in [-0.15, -0.1) is 0 Å². The molecule has 0 aliphatic heterocycles. The Morgan fingerprint density at radius 3 is 2.85 bits per heavy atom. The largest absolute Gasteiger partial charge is 0.385 e. The number of aromatic nitrogens is 3. The van der Waals surface area contributed by atoms with Gasteiger partial charge in [0.1, 0.15) is 22.3 Å². The maximum Gasteiger partial charge on any atom is 0.153 e. The van der Waals surface area contributed by atoms with Gasteiger partial charge in [0, 0.05) is 6.26 Å². The lowest BCUT2D eigenvalue weighted by atomic mass is 10.3. The van der Waals surface area contributed by atoms with Gasteiger partial charge in [0.25, 0.3) is 0 Å². The van der Waals surface area contributed by atoms with E-state index in [-0.39, 0.29) is 12.2 Å². The van der Waals surface area contributed by atoms with Gasteiger partial charge < -0.3 is 5.11 Å². The van der Waals surface area contributed by atoms with E-state index in [2.05, 4.69) is 15.2 Å². The molecule has 0 spiro atoms. The summed E-state index contributed by atoms with van der Waals surface area (Å²) in [4.78, 5) is 3.71. The van der Waals surface area contributed by atoms with E-state index >= 15 is 0 Å². The van der Waals surface area contributed by atoms with Crippen molar-refractivity contribution in [2.24, 2.45) is 0 Å². The van der Waals surface area contributed by atoms with Crippen molar-refractivity contribution in [3.63, 3.8) is 0 Å². The van der Waals surface area contributed by atoms with Crippen LogP contribution in [0.4, 0.5) is 0 Å². The number of nitrogens with one attached hydrogen (secondary N) is 1. The minimum Gasteiger partial charge on any atom is -0.385 e. The molecule has 0 radical (unpaired) electrons. The number of H-pyrrole nitrogens is 1. The summed E-state index contributed by atoms with van der Waals surface area (Å²) < 4.78 is 21.5. The molecule has 74 valence electrons. The summed E-state index contributed by atoms with van der Waals surface area (Å²) in [6.45, 7) is 0. The van der Waals surface area contributed by atoms with E-state index in [1.807, 2.05) is 0 Å². The second-order valence-electron chi connectivity index (χ2n) is 2.81. The molecular weight excluding hydrogens is 194 g/mol. The van der Waals surface area contributed by atoms with E-state index in [1.165, 1.54) is 6.33 Å². The molecule has 1 atom stereocenters. The number of nitrogens with zero attached hydrogens (tertiary/aromatic N) is 2. The second kappa shape index (κ2) is 3.84. The van der Waals surface area contributed by atoms with Crippen LogP contribution < -0.4 is 0 Å². The molecule has 0 aliphatic carbocycles. The number of aliphatic hydroxyl groups excluding tert-OH is 1. The second-order valence-corrected chi connectivity index (χ2v) is 5.06. The highest BCUT2D eigenvalue weighted by Gasteiger charge is 2.13. The summed E-state index contributed by atoms with van der Waals surface area (Å²) in [7, 11) is -3.03. The Kier molecular flexibility index (Phi) is 2.99. The smallest absolute Gasteiger partial charge is 0.153 e. The van der Waals surface area contributed by atoms with Crippen LogP contribution in [0.25, 0.3) is 0 Å². The summed E-state index contributed by atoms with van der Waals surface area (Å²) in [6.07, 6.45) is 1.63. The number of aliphatic hydroxyl groups is 1. The molecule has 0 aromatic carbocycles. The zero-order chi connectivity index (χ0) is 9.90. The number of aromatic amines is 1. The summed E-state index contributed by atoms with van der Waals surface area (Å²) >= 11 is 0. The van der Waals surface area contributed by atoms with Crippen molar-refractivity contribution in [3.8, 4) is 0 Å². The van der Waals surface area contributed by atoms with Gasteiger partial charge in [0.05, 0.1) is 5.75 Å². The summed E-state index contributed by atoms with van der Waals surface area (Å²) in [5.74, 6) is 0.234. The minimum absolute atomic E-state index is 0.0606. The van der Waals surface area contributed by atoms with Crippen LogP contribution >= 0.6 is 0 Å². The number of hydrogen-bond acceptors (Lipinski definition) is 5. The van der Waals surface area contributed by atoms with Crippen LogP contribution in [0.1, 0.15) is 18.3 Å². The fraction of sp³-hybridized carbons (Fsp3) is 0.667. The van der Waals surface area contributed by atoms with Crippen molar-refractivity contribution in [1.29, 1.82) is 0 Å². The highest BCUT2D eigenvalue weighted by Crippen LogP contribution is 2.11. The molecule has 7 heteroatoms. The Morgan fingerprint density at radius 1 is 1.69 bits per heavy atom. The summed E-state index contributed by atoms with van der Waals surface area (Å²) in [5.41, 5.74) is 0. The Bertz CT molecular complexity index is 345. The van der Waals surface area contributed by atoms with E-state index in [0.29, 0.717) is 5.82 Å². The van der Waals surface area contributed by atoms with Crippen LogP contribution in [0, 0.1) is 0 Å². The normalized spacial score (nSPS) is 14.3. The van der Waals surface area contributed by atoms with Gasteiger partial charge in [-0.1, -0.05) is 0 Å². The van der Waals surface area contributed by atoms with E-state index in [9.17, 15) is 13.5 Å². The lowest BCUT2D eigenvalue weighted by molar-refractivity contribution is 0.165. The summed E-state index contributed by atoms with van der Waals surface area (Å²) in [5, 5.41) is 15.4. The zero-order valence-corrected chi connectivity index (χ0v) is 7.95. The number of sulfone groups is 1. The van der Waals surface area contributed by atoms with Crippen molar-refractivity contribution in [2.45, 2.75) is 12.5 Å². The average Bonchev–Trinajstić information content (AvgIpc) is 2.50. The van der Waals surface area contributed by atoms with Crippen LogP contribution in [0.15, 0.2) is 6.33 Å². The van der Waals surface area contributed by atoms with Gasteiger partial charge in [-0.2, -0.15) is 5.10 Å². The van der Waals surface area contributed by atoms with E-state index in [0.717, 1.165) is 6.26 Å². The monoisotopic (exact) mass is 205 g/mol. The molecule has 0 saturated heterocycles. The first-order valence-electron chi connectivity index (χ1n) is 3.70. The van der Waals surface area contributed by atoms with Gasteiger partial charge in [0.15, 0.2) is 5.82 Å². The van der Waals surface area contributed by atoms with Gasteiger partial charge >= 0.3 is 0 Å². The molecule has 0 amide bonds. The molecule has 1 heterocycles. The first-order valence-corrected chi connectivity index (χ1v) is 5.76. The fourth-order valence-electron chi connectivity index (χ4n) is 0.838. The highest BCUT2D eigenvalue weighted by atomic mass is 32.2. The molecule has 0 aliphatic rings. The Morgan fingerprint density at radius 2 is 2.38 bits per heavy atom. The lowest BCUT2D eigenvalue weighted by Crippen LogP contribution is -2.09. The minimum atomic E-state index is -3.03. The first-order chi connectivity index (χ1) is 5.99. The summed E-state index contributed by atoms with van der Waals surface area (Å²) in [6, 6.07) is 0. The van der Waals surface area contributed by atoms with Gasteiger partial charge in [-0.25, -0.2) is 13.4 Å². The zero-order valence-electron chi connectivity index (χ0n) is 7.14. The van der Waals surface area contributed by atoms with E-state index < -0.39 is 15.9 Å². The first kappa shape index (κ1) is 10.1. The van der Waals surface area contributed by atoms with Crippen LogP contribution in [-0.4, -0.2) is 40.7 Å². The van der Waals surface area contributed by atoms with Crippen molar-refractivity contribution < 1.29 is 13.5 Å². The number of hydrogen-bond donors (Lipinski definition) is 2. The van der Waals surface area contributed by atoms with Crippen molar-refractivity contribution in [2.75, 3.05) is 12.0 Å². The van der Waals surface area contributed by atoms with E-state index in [4.69, 9.17) is 0 Å². The van der Waals surface area contributed by atoms with Crippen LogP contribution in [0.3, 0.4) is 0 Å². The third-order valence-electron chi connectivity index (χ3n) is 1.51. The molecule has 1 aromatic rings. The van der Waals surface area contributed by atoms with Gasteiger partial charge in [-0.3, -0.25) is 5.10 Å². The Balaban J connectivity index is 2.48. The predicted molar refractivity (Wildman–Crippen MR) is 45.7 cm³/mol.